The van der Waals surface area contributed by atoms with Crippen LogP contribution in [-0.4, -0.2) is 40.0 Å². The van der Waals surface area contributed by atoms with Crippen molar-refractivity contribution in [3.8, 4) is 11.5 Å². The minimum Gasteiger partial charge on any atom is -0.493 e. The molecular formula is C24H16N4O4S2. The molecule has 34 heavy (non-hydrogen) atoms. The fourth-order valence-corrected chi connectivity index (χ4v) is 4.75. The normalized spacial score (nSPS) is 16.3. The lowest BCUT2D eigenvalue weighted by Crippen LogP contribution is -2.35. The van der Waals surface area contributed by atoms with Crippen LogP contribution in [0.1, 0.15) is 20.8 Å². The second kappa shape index (κ2) is 9.08. The number of carbonyl (C=O) groups excluding carboxylic acids is 2. The molecule has 2 aromatic carbocycles. The number of amides is 1. The van der Waals surface area contributed by atoms with Crippen LogP contribution in [0.5, 0.6) is 11.5 Å². The molecule has 5 rings (SSSR count). The summed E-state index contributed by atoms with van der Waals surface area (Å²) in [6.07, 6.45) is 1.54. The molecule has 0 unspecified atom stereocenters. The zero-order valence-corrected chi connectivity index (χ0v) is 19.4. The molecule has 1 N–H and O–H groups in total. The van der Waals surface area contributed by atoms with Gasteiger partial charge in [-0.1, -0.05) is 42.5 Å². The van der Waals surface area contributed by atoms with Gasteiger partial charge in [0.2, 0.25) is 5.17 Å². The Balaban J connectivity index is 1.41. The minimum absolute atomic E-state index is 0.0689. The van der Waals surface area contributed by atoms with E-state index in [0.717, 1.165) is 5.56 Å². The van der Waals surface area contributed by atoms with Crippen molar-refractivity contribution < 1.29 is 19.1 Å². The highest BCUT2D eigenvalue weighted by Crippen LogP contribution is 2.33. The van der Waals surface area contributed by atoms with Crippen LogP contribution in [0, 0.1) is 5.41 Å². The van der Waals surface area contributed by atoms with Crippen LogP contribution in [0.3, 0.4) is 0 Å². The van der Waals surface area contributed by atoms with E-state index >= 15 is 0 Å². The van der Waals surface area contributed by atoms with Crippen LogP contribution in [0.25, 0.3) is 6.08 Å². The van der Waals surface area contributed by atoms with Crippen LogP contribution in [0.15, 0.2) is 81.7 Å². The third-order valence-electron chi connectivity index (χ3n) is 4.90. The molecule has 1 amide bonds. The van der Waals surface area contributed by atoms with Gasteiger partial charge in [0.15, 0.2) is 17.3 Å². The Bertz CT molecular complexity index is 1400. The van der Waals surface area contributed by atoms with Gasteiger partial charge in [-0.3, -0.25) is 10.2 Å². The molecule has 0 fully saturated rings. The maximum absolute atomic E-state index is 12.7. The number of benzene rings is 2. The van der Waals surface area contributed by atoms with Crippen LogP contribution in [-0.2, 0) is 4.79 Å². The average molecular weight is 489 g/mol. The van der Waals surface area contributed by atoms with Gasteiger partial charge in [-0.05, 0) is 47.0 Å². The molecule has 2 aliphatic heterocycles. The highest BCUT2D eigenvalue weighted by molar-refractivity contribution is 8.27. The van der Waals surface area contributed by atoms with Crippen LogP contribution < -0.4 is 9.47 Å². The van der Waals surface area contributed by atoms with Gasteiger partial charge in [-0.2, -0.15) is 15.1 Å². The summed E-state index contributed by atoms with van der Waals surface area (Å²) in [4.78, 5) is 29.6. The lowest BCUT2D eigenvalue weighted by Gasteiger charge is -2.20. The molecule has 3 heterocycles. The Hall–Kier alpha value is -4.02. The standard InChI is InChI=1S/C24H16N4O4S2/c1-31-18-13-14(9-10-17(18)32-23(30)19-8-5-11-33-19)12-16-20(25)28-24(26-21(16)29)34-22(27-28)15-6-3-2-4-7-15/h2-13,25H,1H3/b16-12-,25-20?. The summed E-state index contributed by atoms with van der Waals surface area (Å²) in [5, 5.41) is 17.2. The second-order valence-electron chi connectivity index (χ2n) is 7.07. The van der Waals surface area contributed by atoms with Crippen molar-refractivity contribution in [1.82, 2.24) is 5.01 Å². The summed E-state index contributed by atoms with van der Waals surface area (Å²) in [6.45, 7) is 0. The number of methoxy groups -OCH3 is 1. The van der Waals surface area contributed by atoms with Gasteiger partial charge in [0.25, 0.3) is 5.91 Å². The van der Waals surface area contributed by atoms with E-state index in [1.807, 2.05) is 30.3 Å². The number of esters is 1. The van der Waals surface area contributed by atoms with Crippen LogP contribution >= 0.6 is 23.1 Å². The summed E-state index contributed by atoms with van der Waals surface area (Å²) in [5.74, 6) is -0.508. The first kappa shape index (κ1) is 21.8. The molecule has 0 spiro atoms. The quantitative estimate of drug-likeness (QED) is 0.319. The minimum atomic E-state index is -0.527. The smallest absolute Gasteiger partial charge is 0.353 e. The summed E-state index contributed by atoms with van der Waals surface area (Å²) >= 11 is 2.53. The number of fused-ring (bicyclic) bond motifs is 1. The number of ether oxygens (including phenoxy) is 2. The summed E-state index contributed by atoms with van der Waals surface area (Å²) < 4.78 is 10.8. The number of hydrogen-bond donors (Lipinski definition) is 1. The van der Waals surface area contributed by atoms with E-state index in [9.17, 15) is 9.59 Å². The van der Waals surface area contributed by atoms with Crippen molar-refractivity contribution in [1.29, 1.82) is 5.41 Å². The maximum atomic E-state index is 12.7. The number of thioether (sulfide) groups is 1. The van der Waals surface area contributed by atoms with E-state index in [-0.39, 0.29) is 17.2 Å². The third kappa shape index (κ3) is 4.16. The van der Waals surface area contributed by atoms with E-state index in [2.05, 4.69) is 10.1 Å². The molecule has 3 aromatic rings. The summed E-state index contributed by atoms with van der Waals surface area (Å²) in [6, 6.07) is 17.8. The number of nitrogens with one attached hydrogen (secondary N) is 1. The van der Waals surface area contributed by atoms with Gasteiger partial charge in [0.1, 0.15) is 9.92 Å². The van der Waals surface area contributed by atoms with Gasteiger partial charge >= 0.3 is 5.97 Å². The van der Waals surface area contributed by atoms with Gasteiger partial charge in [-0.25, -0.2) is 4.79 Å². The van der Waals surface area contributed by atoms with Crippen molar-refractivity contribution in [2.24, 2.45) is 10.1 Å². The maximum Gasteiger partial charge on any atom is 0.353 e. The Morgan fingerprint density at radius 1 is 1.09 bits per heavy atom. The van der Waals surface area contributed by atoms with E-state index in [1.54, 1.807) is 41.8 Å². The zero-order valence-electron chi connectivity index (χ0n) is 17.7. The van der Waals surface area contributed by atoms with E-state index in [1.165, 1.54) is 35.2 Å². The first-order valence-electron chi connectivity index (χ1n) is 10.0. The molecular weight excluding hydrogens is 472 g/mol. The predicted molar refractivity (Wildman–Crippen MR) is 133 cm³/mol. The lowest BCUT2D eigenvalue weighted by atomic mass is 10.1. The second-order valence-corrected chi connectivity index (χ2v) is 8.97. The summed E-state index contributed by atoms with van der Waals surface area (Å²) in [7, 11) is 1.46. The van der Waals surface area contributed by atoms with Gasteiger partial charge in [-0.15, -0.1) is 11.3 Å². The predicted octanol–water partition coefficient (Wildman–Crippen LogP) is 4.64. The fourth-order valence-electron chi connectivity index (χ4n) is 3.26. The molecule has 0 bridgehead atoms. The molecule has 0 atom stereocenters. The van der Waals surface area contributed by atoms with Crippen molar-refractivity contribution in [3.05, 3.63) is 87.6 Å². The van der Waals surface area contributed by atoms with Gasteiger partial charge in [0, 0.05) is 5.56 Å². The number of amidine groups is 2. The van der Waals surface area contributed by atoms with Gasteiger partial charge < -0.3 is 9.47 Å². The van der Waals surface area contributed by atoms with Crippen molar-refractivity contribution in [3.63, 3.8) is 0 Å². The summed E-state index contributed by atoms with van der Waals surface area (Å²) in [5.41, 5.74) is 1.55. The Kier molecular flexibility index (Phi) is 5.83. The zero-order chi connectivity index (χ0) is 23.7. The van der Waals surface area contributed by atoms with Crippen LogP contribution in [0.4, 0.5) is 0 Å². The molecule has 10 heteroatoms. The Morgan fingerprint density at radius 3 is 2.65 bits per heavy atom. The fraction of sp³-hybridized carbons (Fsp3) is 0.0417. The van der Waals surface area contributed by atoms with Crippen molar-refractivity contribution in [2.75, 3.05) is 7.11 Å². The Labute approximate surface area is 202 Å². The number of hydrogen-bond acceptors (Lipinski definition) is 8. The van der Waals surface area contributed by atoms with E-state index in [4.69, 9.17) is 14.9 Å². The largest absolute Gasteiger partial charge is 0.493 e. The molecule has 0 saturated carbocycles. The lowest BCUT2D eigenvalue weighted by molar-refractivity contribution is -0.114. The first-order chi connectivity index (χ1) is 16.5. The van der Waals surface area contributed by atoms with Crippen LogP contribution in [0.2, 0.25) is 0 Å². The molecule has 168 valence electrons. The molecule has 1 aromatic heterocycles. The third-order valence-corrected chi connectivity index (χ3v) is 6.71. The number of rotatable bonds is 5. The van der Waals surface area contributed by atoms with Crippen molar-refractivity contribution in [2.45, 2.75) is 0 Å². The number of nitrogens with zero attached hydrogens (tertiary/aromatic N) is 3. The molecule has 0 saturated heterocycles. The number of thiophene rings is 1. The average Bonchev–Trinajstić information content (AvgIpc) is 3.54. The highest BCUT2D eigenvalue weighted by Gasteiger charge is 2.36. The monoisotopic (exact) mass is 488 g/mol. The molecule has 0 radical (unpaired) electrons. The highest BCUT2D eigenvalue weighted by atomic mass is 32.2. The SMILES string of the molecule is COc1cc(/C=C2/C(=N)N3N=C(c4ccccc4)SC3=NC2=O)ccc1OC(=O)c1cccs1. The first-order valence-corrected chi connectivity index (χ1v) is 11.7. The van der Waals surface area contributed by atoms with Gasteiger partial charge in [0.05, 0.1) is 12.7 Å². The number of aliphatic imine (C=N–C) groups is 1. The molecule has 0 aliphatic carbocycles. The van der Waals surface area contributed by atoms with E-state index < -0.39 is 11.9 Å². The molecule has 2 aliphatic rings. The topological polar surface area (TPSA) is 104 Å². The van der Waals surface area contributed by atoms with Crippen molar-refractivity contribution >= 4 is 57.1 Å². The van der Waals surface area contributed by atoms with E-state index in [0.29, 0.717) is 26.4 Å². The Morgan fingerprint density at radius 2 is 1.91 bits per heavy atom. The number of hydrazone groups is 1. The molecule has 8 nitrogen and oxygen atoms in total. The number of carbonyl (C=O) groups is 2.